The highest BCUT2D eigenvalue weighted by molar-refractivity contribution is 5.98. The molecule has 3 aromatic carbocycles. The fourth-order valence-electron chi connectivity index (χ4n) is 5.06. The van der Waals surface area contributed by atoms with Crippen molar-refractivity contribution in [3.05, 3.63) is 83.2 Å². The summed E-state index contributed by atoms with van der Waals surface area (Å²) in [6, 6.07) is 18.1. The average molecular weight is 476 g/mol. The van der Waals surface area contributed by atoms with Gasteiger partial charge in [-0.15, -0.1) is 0 Å². The van der Waals surface area contributed by atoms with E-state index in [1.807, 2.05) is 70.2 Å². The smallest absolute Gasteiger partial charge is 0.410 e. The lowest BCUT2D eigenvalue weighted by Crippen LogP contribution is -2.39. The maximum Gasteiger partial charge on any atom is 0.410 e. The third-order valence-electron chi connectivity index (χ3n) is 6.76. The Hall–Kier alpha value is -3.21. The number of ketones is 1. The topological polar surface area (TPSA) is 46.6 Å². The number of Topliss-reactive ketones (excluding diaryl/α,β-unsaturated/α-hetero) is 1. The number of carbonyl (C=O) groups excluding carboxylic acids is 2. The molecule has 3 aromatic rings. The van der Waals surface area contributed by atoms with Gasteiger partial charge in [0.05, 0.1) is 6.04 Å². The van der Waals surface area contributed by atoms with Crippen molar-refractivity contribution in [3.63, 3.8) is 0 Å². The van der Waals surface area contributed by atoms with Gasteiger partial charge in [-0.2, -0.15) is 0 Å². The molecule has 0 spiro atoms. The summed E-state index contributed by atoms with van der Waals surface area (Å²) in [6.07, 6.45) is 2.64. The van der Waals surface area contributed by atoms with Crippen LogP contribution in [0.25, 0.3) is 10.8 Å². The molecule has 0 radical (unpaired) electrons. The van der Waals surface area contributed by atoms with Crippen LogP contribution in [0, 0.1) is 11.7 Å². The van der Waals surface area contributed by atoms with Gasteiger partial charge >= 0.3 is 6.09 Å². The third-order valence-corrected chi connectivity index (χ3v) is 6.76. The zero-order valence-corrected chi connectivity index (χ0v) is 21.0. The molecule has 184 valence electrons. The normalized spacial score (nSPS) is 16.6. The molecule has 0 bridgehead atoms. The standard InChI is InChI=1S/C30H34FNO3/c1-20(23-15-16-27(31)26-14-8-7-13-25(23)26)32(29(34)35-30(2,3)4)17-9-10-21-18-22-11-5-6-12-24(22)28(33)19-21/h5-8,11-16,20-21H,9-10,17-19H2,1-4H3/t20-,21-/m1/s1. The van der Waals surface area contributed by atoms with E-state index in [-0.39, 0.29) is 29.7 Å². The molecule has 0 fully saturated rings. The first-order chi connectivity index (χ1) is 16.6. The van der Waals surface area contributed by atoms with Crippen LogP contribution in [0.15, 0.2) is 60.7 Å². The van der Waals surface area contributed by atoms with E-state index in [1.54, 1.807) is 17.0 Å². The van der Waals surface area contributed by atoms with E-state index in [0.717, 1.165) is 41.3 Å². The van der Waals surface area contributed by atoms with Crippen molar-refractivity contribution in [1.29, 1.82) is 0 Å². The number of carbonyl (C=O) groups is 2. The molecule has 0 unspecified atom stereocenters. The SMILES string of the molecule is C[C@H](c1ccc(F)c2ccccc12)N(CCC[C@H]1CC(=O)c2ccccc2C1)C(=O)OC(C)(C)C. The highest BCUT2D eigenvalue weighted by Gasteiger charge is 2.29. The number of hydrogen-bond acceptors (Lipinski definition) is 3. The van der Waals surface area contributed by atoms with E-state index in [0.29, 0.717) is 18.4 Å². The van der Waals surface area contributed by atoms with Gasteiger partial charge in [-0.25, -0.2) is 9.18 Å². The Morgan fingerprint density at radius 1 is 1.03 bits per heavy atom. The number of hydrogen-bond donors (Lipinski definition) is 0. The fraction of sp³-hybridized carbons (Fsp3) is 0.400. The molecule has 5 heteroatoms. The van der Waals surface area contributed by atoms with Gasteiger partial charge in [-0.1, -0.05) is 54.6 Å². The Bertz CT molecular complexity index is 1230. The van der Waals surface area contributed by atoms with Crippen LogP contribution in [0.1, 0.15) is 74.5 Å². The first kappa shape index (κ1) is 24.9. The monoisotopic (exact) mass is 475 g/mol. The van der Waals surface area contributed by atoms with E-state index in [1.165, 1.54) is 6.07 Å². The van der Waals surface area contributed by atoms with E-state index in [4.69, 9.17) is 4.74 Å². The zero-order valence-electron chi connectivity index (χ0n) is 21.0. The van der Waals surface area contributed by atoms with Crippen LogP contribution < -0.4 is 0 Å². The molecule has 0 N–H and O–H groups in total. The highest BCUT2D eigenvalue weighted by Crippen LogP contribution is 2.32. The van der Waals surface area contributed by atoms with Crippen molar-refractivity contribution in [2.24, 2.45) is 5.92 Å². The van der Waals surface area contributed by atoms with Gasteiger partial charge in [0.2, 0.25) is 0 Å². The predicted octanol–water partition coefficient (Wildman–Crippen LogP) is 7.50. The van der Waals surface area contributed by atoms with Crippen LogP contribution in [0.3, 0.4) is 0 Å². The Kier molecular flexibility index (Phi) is 7.25. The van der Waals surface area contributed by atoms with Crippen molar-refractivity contribution < 1.29 is 18.7 Å². The Labute approximate surface area is 207 Å². The molecule has 35 heavy (non-hydrogen) atoms. The van der Waals surface area contributed by atoms with Crippen molar-refractivity contribution in [3.8, 4) is 0 Å². The Morgan fingerprint density at radius 2 is 1.71 bits per heavy atom. The minimum absolute atomic E-state index is 0.201. The van der Waals surface area contributed by atoms with E-state index < -0.39 is 5.60 Å². The molecule has 2 atom stereocenters. The predicted molar refractivity (Wildman–Crippen MR) is 137 cm³/mol. The second-order valence-electron chi connectivity index (χ2n) is 10.5. The second-order valence-corrected chi connectivity index (χ2v) is 10.5. The lowest BCUT2D eigenvalue weighted by atomic mass is 9.81. The molecular formula is C30H34FNO3. The first-order valence-electron chi connectivity index (χ1n) is 12.4. The van der Waals surface area contributed by atoms with Crippen LogP contribution in [-0.2, 0) is 11.2 Å². The lowest BCUT2D eigenvalue weighted by Gasteiger charge is -2.33. The van der Waals surface area contributed by atoms with Crippen LogP contribution in [0.2, 0.25) is 0 Å². The molecule has 1 amide bonds. The molecule has 0 heterocycles. The number of fused-ring (bicyclic) bond motifs is 2. The minimum atomic E-state index is -0.626. The quantitative estimate of drug-likeness (QED) is 0.371. The average Bonchev–Trinajstić information content (AvgIpc) is 2.81. The van der Waals surface area contributed by atoms with Crippen LogP contribution in [0.4, 0.5) is 9.18 Å². The summed E-state index contributed by atoms with van der Waals surface area (Å²) in [5.41, 5.74) is 2.22. The van der Waals surface area contributed by atoms with E-state index >= 15 is 0 Å². The molecule has 1 aliphatic carbocycles. The van der Waals surface area contributed by atoms with Crippen molar-refractivity contribution in [1.82, 2.24) is 4.90 Å². The fourth-order valence-corrected chi connectivity index (χ4v) is 5.06. The summed E-state index contributed by atoms with van der Waals surface area (Å²) in [4.78, 5) is 27.6. The molecule has 4 nitrogen and oxygen atoms in total. The molecule has 1 aliphatic rings. The summed E-state index contributed by atoms with van der Waals surface area (Å²) in [5, 5.41) is 1.34. The van der Waals surface area contributed by atoms with Gasteiger partial charge in [0.1, 0.15) is 11.4 Å². The molecule has 0 saturated heterocycles. The molecule has 4 rings (SSSR count). The number of benzene rings is 3. The second kappa shape index (κ2) is 10.2. The minimum Gasteiger partial charge on any atom is -0.444 e. The van der Waals surface area contributed by atoms with Crippen LogP contribution >= 0.6 is 0 Å². The molecular weight excluding hydrogens is 441 g/mol. The van der Waals surface area contributed by atoms with E-state index in [2.05, 4.69) is 0 Å². The Morgan fingerprint density at radius 3 is 2.46 bits per heavy atom. The number of rotatable bonds is 6. The summed E-state index contributed by atoms with van der Waals surface area (Å²) in [6.45, 7) is 8.02. The van der Waals surface area contributed by atoms with Gasteiger partial charge in [0, 0.05) is 23.9 Å². The molecule has 0 aromatic heterocycles. The zero-order chi connectivity index (χ0) is 25.2. The van der Waals surface area contributed by atoms with Crippen molar-refractivity contribution in [2.45, 2.75) is 65.0 Å². The summed E-state index contributed by atoms with van der Waals surface area (Å²) in [5.74, 6) is 0.189. The van der Waals surface area contributed by atoms with E-state index in [9.17, 15) is 14.0 Å². The molecule has 0 saturated carbocycles. The third kappa shape index (κ3) is 5.72. The van der Waals surface area contributed by atoms with Gasteiger partial charge in [0.25, 0.3) is 0 Å². The number of nitrogens with zero attached hydrogens (tertiary/aromatic N) is 1. The summed E-state index contributed by atoms with van der Waals surface area (Å²) >= 11 is 0. The van der Waals surface area contributed by atoms with Crippen LogP contribution in [0.5, 0.6) is 0 Å². The van der Waals surface area contributed by atoms with Gasteiger partial charge < -0.3 is 9.64 Å². The summed E-state index contributed by atoms with van der Waals surface area (Å²) < 4.78 is 20.2. The lowest BCUT2D eigenvalue weighted by molar-refractivity contribution is 0.0167. The van der Waals surface area contributed by atoms with Gasteiger partial charge in [0.15, 0.2) is 5.78 Å². The maximum absolute atomic E-state index is 14.4. The van der Waals surface area contributed by atoms with Crippen LogP contribution in [-0.4, -0.2) is 28.9 Å². The largest absolute Gasteiger partial charge is 0.444 e. The first-order valence-corrected chi connectivity index (χ1v) is 12.4. The van der Waals surface area contributed by atoms with Crippen molar-refractivity contribution in [2.75, 3.05) is 6.54 Å². The summed E-state index contributed by atoms with van der Waals surface area (Å²) in [7, 11) is 0. The molecule has 0 aliphatic heterocycles. The maximum atomic E-state index is 14.4. The highest BCUT2D eigenvalue weighted by atomic mass is 19.1. The van der Waals surface area contributed by atoms with Gasteiger partial charge in [-0.3, -0.25) is 4.79 Å². The van der Waals surface area contributed by atoms with Gasteiger partial charge in [-0.05, 0) is 75.5 Å². The number of halogens is 1. The van der Waals surface area contributed by atoms with Crippen molar-refractivity contribution >= 4 is 22.6 Å². The number of ether oxygens (including phenoxy) is 1. The number of amides is 1. The Balaban J connectivity index is 1.52.